The molecule has 2 aromatic heterocycles. The number of nitrogens with zero attached hydrogens (tertiary/aromatic N) is 2. The molecule has 0 aliphatic carbocycles. The van der Waals surface area contributed by atoms with E-state index in [0.717, 1.165) is 59.1 Å². The van der Waals surface area contributed by atoms with Crippen LogP contribution in [-0.4, -0.2) is 48.9 Å². The molecule has 1 aliphatic heterocycles. The van der Waals surface area contributed by atoms with E-state index in [-0.39, 0.29) is 12.0 Å². The fourth-order valence-electron chi connectivity index (χ4n) is 4.91. The number of aromatic nitrogens is 2. The first kappa shape index (κ1) is 27.2. The fraction of sp³-hybridized carbons (Fsp3) is 0.333. The molecule has 7 nitrogen and oxygen atoms in total. The van der Waals surface area contributed by atoms with Crippen LogP contribution in [0, 0.1) is 6.92 Å². The number of halogens is 1. The number of hydrogen-bond acceptors (Lipinski definition) is 6. The number of carbonyl (C=O) groups is 1. The molecule has 5 rings (SSSR count). The maximum absolute atomic E-state index is 13.3. The smallest absolute Gasteiger partial charge is 0.253 e. The molecular weight excluding hydrogens is 534 g/mol. The highest BCUT2D eigenvalue weighted by Gasteiger charge is 2.23. The van der Waals surface area contributed by atoms with Crippen molar-refractivity contribution in [3.8, 4) is 33.5 Å². The molecule has 0 saturated carbocycles. The lowest BCUT2D eigenvalue weighted by Gasteiger charge is -2.13. The summed E-state index contributed by atoms with van der Waals surface area (Å²) in [5, 5.41) is 6.59. The molecule has 1 amide bonds. The molecule has 1 fully saturated rings. The number of rotatable bonds is 10. The number of hydrogen-bond donors (Lipinski definition) is 1. The molecule has 0 radical (unpaired) electrons. The van der Waals surface area contributed by atoms with Gasteiger partial charge in [0, 0.05) is 36.3 Å². The zero-order valence-electron chi connectivity index (χ0n) is 22.3. The summed E-state index contributed by atoms with van der Waals surface area (Å²) in [6, 6.07) is 15.6. The Morgan fingerprint density at radius 3 is 2.74 bits per heavy atom. The summed E-state index contributed by atoms with van der Waals surface area (Å²) in [4.78, 5) is 18.2. The van der Waals surface area contributed by atoms with Crippen molar-refractivity contribution in [3.05, 3.63) is 75.8 Å². The van der Waals surface area contributed by atoms with E-state index in [0.29, 0.717) is 35.2 Å². The minimum Gasteiger partial charge on any atom is -0.493 e. The zero-order chi connectivity index (χ0) is 27.4. The Balaban J connectivity index is 1.45. The summed E-state index contributed by atoms with van der Waals surface area (Å²) in [6.07, 6.45) is 2.83. The van der Waals surface area contributed by atoms with E-state index < -0.39 is 0 Å². The second kappa shape index (κ2) is 12.2. The summed E-state index contributed by atoms with van der Waals surface area (Å²) < 4.78 is 18.7. The molecule has 4 aromatic rings. The largest absolute Gasteiger partial charge is 0.493 e. The van der Waals surface area contributed by atoms with Crippen LogP contribution in [-0.2, 0) is 17.7 Å². The first-order valence-electron chi connectivity index (χ1n) is 13.0. The van der Waals surface area contributed by atoms with E-state index in [9.17, 15) is 4.79 Å². The summed E-state index contributed by atoms with van der Waals surface area (Å²) in [7, 11) is 3.26. The predicted molar refractivity (Wildman–Crippen MR) is 155 cm³/mol. The van der Waals surface area contributed by atoms with Crippen molar-refractivity contribution in [1.82, 2.24) is 14.9 Å². The van der Waals surface area contributed by atoms with Crippen molar-refractivity contribution in [2.75, 3.05) is 27.4 Å². The van der Waals surface area contributed by atoms with Gasteiger partial charge in [0.2, 0.25) is 0 Å². The lowest BCUT2D eigenvalue weighted by atomic mass is 10.1. The van der Waals surface area contributed by atoms with Crippen LogP contribution >= 0.6 is 22.9 Å². The van der Waals surface area contributed by atoms with Crippen molar-refractivity contribution < 1.29 is 19.0 Å². The van der Waals surface area contributed by atoms with Gasteiger partial charge in [0.1, 0.15) is 5.01 Å². The number of nitrogens with one attached hydrogen (secondary N) is 1. The van der Waals surface area contributed by atoms with Gasteiger partial charge in [-0.15, -0.1) is 11.3 Å². The van der Waals surface area contributed by atoms with Crippen LogP contribution in [0.4, 0.5) is 0 Å². The Kier molecular flexibility index (Phi) is 8.55. The van der Waals surface area contributed by atoms with Gasteiger partial charge >= 0.3 is 0 Å². The number of thiazole rings is 1. The second-order valence-corrected chi connectivity index (χ2v) is 10.7. The molecule has 204 valence electrons. The van der Waals surface area contributed by atoms with Crippen molar-refractivity contribution in [1.29, 1.82) is 0 Å². The van der Waals surface area contributed by atoms with Gasteiger partial charge in [-0.1, -0.05) is 35.9 Å². The van der Waals surface area contributed by atoms with Gasteiger partial charge in [-0.2, -0.15) is 0 Å². The van der Waals surface area contributed by atoms with Gasteiger partial charge in [0.05, 0.1) is 42.3 Å². The van der Waals surface area contributed by atoms with E-state index in [1.54, 1.807) is 14.2 Å². The molecule has 0 bridgehead atoms. The summed E-state index contributed by atoms with van der Waals surface area (Å²) in [5.41, 5.74) is 5.23. The summed E-state index contributed by atoms with van der Waals surface area (Å²) >= 11 is 7.99. The maximum Gasteiger partial charge on any atom is 0.253 e. The van der Waals surface area contributed by atoms with Crippen LogP contribution in [0.2, 0.25) is 5.02 Å². The first-order chi connectivity index (χ1) is 19.0. The van der Waals surface area contributed by atoms with Crippen LogP contribution < -0.4 is 14.8 Å². The van der Waals surface area contributed by atoms with Gasteiger partial charge in [0.25, 0.3) is 5.91 Å². The standard InChI is InChI=1S/C30H32ClN3O4S/c1-19-23(29(35)32-17-21-7-6-14-38-21)16-26(25-18-39-30(33-25)22-8-4-5-9-24(22)31)34(19)13-12-20-10-11-27(36-2)28(15-20)37-3/h4-5,8-11,15-16,18,21H,6-7,12-14,17H2,1-3H3,(H,32,35). The number of carbonyl (C=O) groups excluding carboxylic acids is 1. The van der Waals surface area contributed by atoms with E-state index >= 15 is 0 Å². The molecule has 1 atom stereocenters. The average molecular weight is 566 g/mol. The van der Waals surface area contributed by atoms with Crippen molar-refractivity contribution in [2.24, 2.45) is 0 Å². The van der Waals surface area contributed by atoms with Gasteiger partial charge in [-0.3, -0.25) is 4.79 Å². The van der Waals surface area contributed by atoms with Crippen molar-refractivity contribution in [2.45, 2.75) is 38.8 Å². The highest BCUT2D eigenvalue weighted by Crippen LogP contribution is 2.35. The zero-order valence-corrected chi connectivity index (χ0v) is 23.9. The van der Waals surface area contributed by atoms with Crippen LogP contribution in [0.5, 0.6) is 11.5 Å². The highest BCUT2D eigenvalue weighted by atomic mass is 35.5. The molecule has 9 heteroatoms. The lowest BCUT2D eigenvalue weighted by molar-refractivity contribution is 0.0857. The molecule has 2 aromatic carbocycles. The Morgan fingerprint density at radius 1 is 1.18 bits per heavy atom. The first-order valence-corrected chi connectivity index (χ1v) is 14.3. The molecular formula is C30H32ClN3O4S. The van der Waals surface area contributed by atoms with Gasteiger partial charge in [-0.05, 0) is 56.0 Å². The van der Waals surface area contributed by atoms with E-state index in [1.165, 1.54) is 11.3 Å². The topological polar surface area (TPSA) is 74.6 Å². The quantitative estimate of drug-likeness (QED) is 0.240. The van der Waals surface area contributed by atoms with Crippen molar-refractivity contribution in [3.63, 3.8) is 0 Å². The fourth-order valence-corrected chi connectivity index (χ4v) is 6.04. The minimum absolute atomic E-state index is 0.0811. The second-order valence-electron chi connectivity index (χ2n) is 9.48. The number of aryl methyl sites for hydroxylation is 1. The maximum atomic E-state index is 13.3. The molecule has 1 aliphatic rings. The van der Waals surface area contributed by atoms with E-state index in [4.69, 9.17) is 30.8 Å². The van der Waals surface area contributed by atoms with Gasteiger partial charge < -0.3 is 24.1 Å². The average Bonchev–Trinajstić information content (AvgIpc) is 3.71. The summed E-state index contributed by atoms with van der Waals surface area (Å²) in [5.74, 6) is 1.28. The number of methoxy groups -OCH3 is 2. The van der Waals surface area contributed by atoms with Crippen LogP contribution in [0.25, 0.3) is 22.0 Å². The SMILES string of the molecule is COc1ccc(CCn2c(-c3csc(-c4ccccc4Cl)n3)cc(C(=O)NCC3CCCO3)c2C)cc1OC. The molecule has 1 saturated heterocycles. The van der Waals surface area contributed by atoms with Gasteiger partial charge in [0.15, 0.2) is 11.5 Å². The molecule has 3 heterocycles. The minimum atomic E-state index is -0.101. The lowest BCUT2D eigenvalue weighted by Crippen LogP contribution is -2.32. The number of amides is 1. The van der Waals surface area contributed by atoms with E-state index in [2.05, 4.69) is 9.88 Å². The number of ether oxygens (including phenoxy) is 3. The molecule has 39 heavy (non-hydrogen) atoms. The Labute approximate surface area is 237 Å². The van der Waals surface area contributed by atoms with Gasteiger partial charge in [-0.25, -0.2) is 4.98 Å². The number of benzene rings is 2. The molecule has 0 spiro atoms. The third-order valence-electron chi connectivity index (χ3n) is 7.07. The molecule has 1 unspecified atom stereocenters. The Hall–Kier alpha value is -3.33. The summed E-state index contributed by atoms with van der Waals surface area (Å²) in [6.45, 7) is 3.92. The Morgan fingerprint density at radius 2 is 2.00 bits per heavy atom. The van der Waals surface area contributed by atoms with Crippen LogP contribution in [0.3, 0.4) is 0 Å². The monoisotopic (exact) mass is 565 g/mol. The predicted octanol–water partition coefficient (Wildman–Crippen LogP) is 6.41. The van der Waals surface area contributed by atoms with Crippen LogP contribution in [0.1, 0.15) is 34.5 Å². The van der Waals surface area contributed by atoms with Crippen molar-refractivity contribution >= 4 is 28.8 Å². The van der Waals surface area contributed by atoms with E-state index in [1.807, 2.05) is 60.8 Å². The third-order valence-corrected chi connectivity index (χ3v) is 8.27. The van der Waals surface area contributed by atoms with Crippen LogP contribution in [0.15, 0.2) is 53.9 Å². The normalized spacial score (nSPS) is 14.9. The third kappa shape index (κ3) is 5.98. The molecule has 1 N–H and O–H groups in total. The Bertz CT molecular complexity index is 1460. The highest BCUT2D eigenvalue weighted by molar-refractivity contribution is 7.13.